The molecule has 2 aromatic carbocycles. The maximum Gasteiger partial charge on any atom is 0.322 e. The van der Waals surface area contributed by atoms with Crippen molar-refractivity contribution in [3.05, 3.63) is 84.1 Å². The zero-order valence-corrected chi connectivity index (χ0v) is 10.8. The van der Waals surface area contributed by atoms with Crippen LogP contribution >= 0.6 is 0 Å². The Morgan fingerprint density at radius 1 is 0.947 bits per heavy atom. The SMILES string of the molecule is C/C=C/OC(=O)C(c1ccccc1)c1ccccc1. The molecular formula is C17H16O2. The lowest BCUT2D eigenvalue weighted by molar-refractivity contribution is -0.138. The van der Waals surface area contributed by atoms with Gasteiger partial charge in [0, 0.05) is 0 Å². The molecule has 0 spiro atoms. The number of esters is 1. The van der Waals surface area contributed by atoms with Crippen LogP contribution in [0.2, 0.25) is 0 Å². The largest absolute Gasteiger partial charge is 0.434 e. The third kappa shape index (κ3) is 3.32. The fraction of sp³-hybridized carbons (Fsp3) is 0.118. The number of allylic oxidation sites excluding steroid dienone is 1. The van der Waals surface area contributed by atoms with Crippen molar-refractivity contribution in [1.29, 1.82) is 0 Å². The molecule has 0 fully saturated rings. The molecule has 0 saturated carbocycles. The monoisotopic (exact) mass is 252 g/mol. The standard InChI is InChI=1S/C17H16O2/c1-2-13-19-17(18)16(14-9-5-3-6-10-14)15-11-7-4-8-12-15/h2-13,16H,1H3/b13-2+. The summed E-state index contributed by atoms with van der Waals surface area (Å²) in [6, 6.07) is 19.3. The Bertz CT molecular complexity index is 504. The lowest BCUT2D eigenvalue weighted by Crippen LogP contribution is -2.15. The minimum atomic E-state index is -0.390. The van der Waals surface area contributed by atoms with E-state index in [1.165, 1.54) is 6.26 Å². The first-order chi connectivity index (χ1) is 9.33. The fourth-order valence-corrected chi connectivity index (χ4v) is 1.96. The molecule has 0 unspecified atom stereocenters. The van der Waals surface area contributed by atoms with Gasteiger partial charge in [-0.25, -0.2) is 0 Å². The summed E-state index contributed by atoms with van der Waals surface area (Å²) in [7, 11) is 0. The van der Waals surface area contributed by atoms with E-state index >= 15 is 0 Å². The molecule has 0 radical (unpaired) electrons. The van der Waals surface area contributed by atoms with Crippen LogP contribution in [0.4, 0.5) is 0 Å². The maximum absolute atomic E-state index is 12.2. The third-order valence-electron chi connectivity index (χ3n) is 2.82. The van der Waals surface area contributed by atoms with Gasteiger partial charge in [0.05, 0.1) is 6.26 Å². The second kappa shape index (κ2) is 6.55. The van der Waals surface area contributed by atoms with Crippen LogP contribution in [-0.4, -0.2) is 5.97 Å². The molecule has 0 aliphatic heterocycles. The summed E-state index contributed by atoms with van der Waals surface area (Å²) in [5.74, 6) is -0.658. The Hall–Kier alpha value is -2.35. The molecule has 0 N–H and O–H groups in total. The predicted molar refractivity (Wildman–Crippen MR) is 75.6 cm³/mol. The number of carbonyl (C=O) groups is 1. The van der Waals surface area contributed by atoms with Crippen molar-refractivity contribution in [3.63, 3.8) is 0 Å². The zero-order valence-electron chi connectivity index (χ0n) is 10.8. The number of hydrogen-bond donors (Lipinski definition) is 0. The molecule has 19 heavy (non-hydrogen) atoms. The Morgan fingerprint density at radius 3 is 1.84 bits per heavy atom. The van der Waals surface area contributed by atoms with E-state index in [-0.39, 0.29) is 5.97 Å². The van der Waals surface area contributed by atoms with E-state index < -0.39 is 5.92 Å². The van der Waals surface area contributed by atoms with Crippen LogP contribution in [0.15, 0.2) is 73.0 Å². The van der Waals surface area contributed by atoms with Gasteiger partial charge in [-0.3, -0.25) is 4.79 Å². The summed E-state index contributed by atoms with van der Waals surface area (Å²) in [5, 5.41) is 0. The van der Waals surface area contributed by atoms with Gasteiger partial charge in [-0.2, -0.15) is 0 Å². The summed E-state index contributed by atoms with van der Waals surface area (Å²) in [6.45, 7) is 1.81. The number of benzene rings is 2. The highest BCUT2D eigenvalue weighted by Gasteiger charge is 2.23. The van der Waals surface area contributed by atoms with Crippen molar-refractivity contribution < 1.29 is 9.53 Å². The first kappa shape index (κ1) is 13.1. The van der Waals surface area contributed by atoms with Crippen molar-refractivity contribution >= 4 is 5.97 Å². The number of carbonyl (C=O) groups excluding carboxylic acids is 1. The highest BCUT2D eigenvalue weighted by atomic mass is 16.5. The summed E-state index contributed by atoms with van der Waals surface area (Å²) < 4.78 is 5.14. The fourth-order valence-electron chi connectivity index (χ4n) is 1.96. The van der Waals surface area contributed by atoms with E-state index in [0.29, 0.717) is 0 Å². The van der Waals surface area contributed by atoms with Gasteiger partial charge in [0.25, 0.3) is 0 Å². The molecule has 2 aromatic rings. The van der Waals surface area contributed by atoms with Gasteiger partial charge in [0.1, 0.15) is 5.92 Å². The highest BCUT2D eigenvalue weighted by Crippen LogP contribution is 2.25. The van der Waals surface area contributed by atoms with E-state index in [2.05, 4.69) is 0 Å². The molecule has 0 bridgehead atoms. The Labute approximate surface area is 113 Å². The summed E-state index contributed by atoms with van der Waals surface area (Å²) in [5.41, 5.74) is 1.87. The van der Waals surface area contributed by atoms with Gasteiger partial charge in [0.2, 0.25) is 0 Å². The van der Waals surface area contributed by atoms with Crippen molar-refractivity contribution in [2.24, 2.45) is 0 Å². The zero-order chi connectivity index (χ0) is 13.5. The topological polar surface area (TPSA) is 26.3 Å². The molecule has 0 aliphatic carbocycles. The highest BCUT2D eigenvalue weighted by molar-refractivity contribution is 5.82. The van der Waals surface area contributed by atoms with E-state index in [0.717, 1.165) is 11.1 Å². The van der Waals surface area contributed by atoms with Gasteiger partial charge in [0.15, 0.2) is 0 Å². The number of hydrogen-bond acceptors (Lipinski definition) is 2. The van der Waals surface area contributed by atoms with Crippen molar-refractivity contribution in [3.8, 4) is 0 Å². The Kier molecular flexibility index (Phi) is 4.51. The maximum atomic E-state index is 12.2. The molecule has 96 valence electrons. The van der Waals surface area contributed by atoms with Crippen LogP contribution in [0.5, 0.6) is 0 Å². The summed E-state index contributed by atoms with van der Waals surface area (Å²) in [6.07, 6.45) is 3.12. The molecule has 2 nitrogen and oxygen atoms in total. The van der Waals surface area contributed by atoms with Gasteiger partial charge in [-0.05, 0) is 18.1 Å². The van der Waals surface area contributed by atoms with E-state index in [1.807, 2.05) is 67.6 Å². The smallest absolute Gasteiger partial charge is 0.322 e. The second-order valence-corrected chi connectivity index (χ2v) is 4.16. The molecule has 0 aliphatic rings. The van der Waals surface area contributed by atoms with Gasteiger partial charge in [-0.15, -0.1) is 0 Å². The van der Waals surface area contributed by atoms with Gasteiger partial charge in [-0.1, -0.05) is 66.7 Å². The lowest BCUT2D eigenvalue weighted by atomic mass is 9.91. The minimum Gasteiger partial charge on any atom is -0.434 e. The van der Waals surface area contributed by atoms with Crippen molar-refractivity contribution in [1.82, 2.24) is 0 Å². The molecule has 0 heterocycles. The normalized spacial score (nSPS) is 10.8. The van der Waals surface area contributed by atoms with Crippen LogP contribution in [0.25, 0.3) is 0 Å². The lowest BCUT2D eigenvalue weighted by Gasteiger charge is -2.15. The molecule has 0 atom stereocenters. The van der Waals surface area contributed by atoms with Crippen molar-refractivity contribution in [2.45, 2.75) is 12.8 Å². The molecule has 0 amide bonds. The molecule has 0 aromatic heterocycles. The van der Waals surface area contributed by atoms with E-state index in [1.54, 1.807) is 6.08 Å². The average molecular weight is 252 g/mol. The Morgan fingerprint density at radius 2 is 1.42 bits per heavy atom. The molecule has 2 rings (SSSR count). The van der Waals surface area contributed by atoms with Gasteiger partial charge >= 0.3 is 5.97 Å². The van der Waals surface area contributed by atoms with Crippen LogP contribution in [0.1, 0.15) is 24.0 Å². The average Bonchev–Trinajstić information content (AvgIpc) is 2.47. The van der Waals surface area contributed by atoms with Crippen molar-refractivity contribution in [2.75, 3.05) is 0 Å². The first-order valence-corrected chi connectivity index (χ1v) is 6.24. The van der Waals surface area contributed by atoms with E-state index in [4.69, 9.17) is 4.74 Å². The molecular weight excluding hydrogens is 236 g/mol. The number of rotatable bonds is 4. The van der Waals surface area contributed by atoms with Crippen LogP contribution in [-0.2, 0) is 9.53 Å². The molecule has 0 saturated heterocycles. The minimum absolute atomic E-state index is 0.268. The summed E-state index contributed by atoms with van der Waals surface area (Å²) in [4.78, 5) is 12.2. The van der Waals surface area contributed by atoms with Crippen LogP contribution < -0.4 is 0 Å². The van der Waals surface area contributed by atoms with E-state index in [9.17, 15) is 4.79 Å². The van der Waals surface area contributed by atoms with Gasteiger partial charge < -0.3 is 4.74 Å². The Balaban J connectivity index is 2.37. The molecule has 2 heteroatoms. The van der Waals surface area contributed by atoms with Crippen LogP contribution in [0, 0.1) is 0 Å². The second-order valence-electron chi connectivity index (χ2n) is 4.16. The number of ether oxygens (including phenoxy) is 1. The first-order valence-electron chi connectivity index (χ1n) is 6.24. The third-order valence-corrected chi connectivity index (χ3v) is 2.82. The quantitative estimate of drug-likeness (QED) is 0.609. The van der Waals surface area contributed by atoms with Crippen LogP contribution in [0.3, 0.4) is 0 Å². The summed E-state index contributed by atoms with van der Waals surface area (Å²) >= 11 is 0. The predicted octanol–water partition coefficient (Wildman–Crippen LogP) is 3.90.